The number of sulfonamides is 1. The van der Waals surface area contributed by atoms with Crippen LogP contribution in [0.3, 0.4) is 0 Å². The number of nitrogens with one attached hydrogen (secondary N) is 2. The molecule has 2 N–H and O–H groups in total. The Hall–Kier alpha value is -3.20. The van der Waals surface area contributed by atoms with E-state index in [0.717, 1.165) is 36.4 Å². The van der Waals surface area contributed by atoms with E-state index >= 15 is 0 Å². The average molecular weight is 635 g/mol. The molecule has 234 valence electrons. The van der Waals surface area contributed by atoms with Crippen LogP contribution < -0.4 is 10.6 Å². The molecule has 0 aromatic heterocycles. The molecule has 3 atom stereocenters. The first kappa shape index (κ1) is 31.2. The molecule has 7 nitrogen and oxygen atoms in total. The van der Waals surface area contributed by atoms with Crippen LogP contribution in [0.1, 0.15) is 37.3 Å². The number of carbonyl (C=O) groups excluding carboxylic acids is 1. The van der Waals surface area contributed by atoms with Gasteiger partial charge in [0, 0.05) is 18.5 Å². The van der Waals surface area contributed by atoms with E-state index < -0.39 is 57.8 Å². The Labute approximate surface area is 243 Å². The molecule has 3 fully saturated rings. The van der Waals surface area contributed by atoms with Gasteiger partial charge in [-0.15, -0.1) is 0 Å². The molecule has 1 heterocycles. The van der Waals surface area contributed by atoms with Crippen molar-refractivity contribution in [3.05, 3.63) is 65.5 Å². The molecule has 15 heteroatoms. The lowest BCUT2D eigenvalue weighted by Crippen LogP contribution is -2.60. The van der Waals surface area contributed by atoms with E-state index in [2.05, 4.69) is 10.3 Å². The number of amides is 1. The fourth-order valence-corrected chi connectivity index (χ4v) is 7.79. The molecule has 3 aliphatic carbocycles. The molecule has 1 aliphatic heterocycles. The van der Waals surface area contributed by atoms with Crippen molar-refractivity contribution in [2.45, 2.75) is 61.6 Å². The summed E-state index contributed by atoms with van der Waals surface area (Å²) in [5.74, 6) is -1.38. The highest BCUT2D eigenvalue weighted by molar-refractivity contribution is 7.89. The summed E-state index contributed by atoms with van der Waals surface area (Å²) in [5.41, 5.74) is -1.98. The van der Waals surface area contributed by atoms with Gasteiger partial charge in [-0.3, -0.25) is 9.79 Å². The van der Waals surface area contributed by atoms with Crippen molar-refractivity contribution in [3.63, 3.8) is 0 Å². The Balaban J connectivity index is 1.40. The number of rotatable bonds is 8. The van der Waals surface area contributed by atoms with Crippen LogP contribution in [-0.2, 0) is 27.5 Å². The number of benzene rings is 2. The quantitative estimate of drug-likeness (QED) is 0.405. The molecule has 6 rings (SSSR count). The smallest absolute Gasteiger partial charge is 0.358 e. The Morgan fingerprint density at radius 1 is 1.00 bits per heavy atom. The van der Waals surface area contributed by atoms with Crippen LogP contribution in [0.15, 0.2) is 58.4 Å². The summed E-state index contributed by atoms with van der Waals surface area (Å²) in [4.78, 5) is 16.8. The molecular formula is C28H29F7N4O3S. The van der Waals surface area contributed by atoms with Crippen molar-refractivity contribution < 1.29 is 43.9 Å². The van der Waals surface area contributed by atoms with Crippen molar-refractivity contribution in [1.82, 2.24) is 14.9 Å². The van der Waals surface area contributed by atoms with Gasteiger partial charge >= 0.3 is 12.4 Å². The molecule has 0 saturated heterocycles. The van der Waals surface area contributed by atoms with Gasteiger partial charge in [0.15, 0.2) is 0 Å². The third-order valence-electron chi connectivity index (χ3n) is 8.50. The number of alkyl halides is 6. The molecule has 2 bridgehead atoms. The van der Waals surface area contributed by atoms with Crippen LogP contribution >= 0.6 is 0 Å². The summed E-state index contributed by atoms with van der Waals surface area (Å²) >= 11 is 0. The van der Waals surface area contributed by atoms with Gasteiger partial charge in [-0.2, -0.15) is 30.6 Å². The standard InChI is InChI=1S/C28H29F7N4O3S/c1-26(25(40)37-15-27(30,31)32)14-36-24(38-26)22-12-23(18-10-17(22)11-18)39(43(41,42)21-8-6-20(29)7-9-21)13-16-2-4-19(5-3-16)28(33,34)35/h2-9,17-18,22-23H,10-15H2,1H3,(H,36,38)(H,37,40)/t17?,18?,22?,23?,26-/m1/s1. The van der Waals surface area contributed by atoms with Crippen molar-refractivity contribution in [2.75, 3.05) is 13.1 Å². The maximum Gasteiger partial charge on any atom is 0.416 e. The summed E-state index contributed by atoms with van der Waals surface area (Å²) in [6.45, 7) is -0.399. The zero-order valence-electron chi connectivity index (χ0n) is 22.8. The summed E-state index contributed by atoms with van der Waals surface area (Å²) in [6.07, 6.45) is -7.64. The van der Waals surface area contributed by atoms with E-state index in [4.69, 9.17) is 0 Å². The fourth-order valence-electron chi connectivity index (χ4n) is 6.10. The molecule has 2 unspecified atom stereocenters. The summed E-state index contributed by atoms with van der Waals surface area (Å²) in [7, 11) is -4.25. The van der Waals surface area contributed by atoms with E-state index in [9.17, 15) is 43.9 Å². The van der Waals surface area contributed by atoms with Crippen molar-refractivity contribution >= 4 is 21.8 Å². The minimum absolute atomic E-state index is 0.0607. The van der Waals surface area contributed by atoms with Crippen LogP contribution in [0.2, 0.25) is 0 Å². The zero-order chi connectivity index (χ0) is 31.4. The Morgan fingerprint density at radius 3 is 2.21 bits per heavy atom. The van der Waals surface area contributed by atoms with Gasteiger partial charge in [-0.1, -0.05) is 12.1 Å². The van der Waals surface area contributed by atoms with Crippen LogP contribution in [-0.4, -0.2) is 55.3 Å². The molecule has 43 heavy (non-hydrogen) atoms. The number of halogens is 7. The number of amidine groups is 1. The van der Waals surface area contributed by atoms with Gasteiger partial charge in [0.1, 0.15) is 23.7 Å². The fraction of sp³-hybridized carbons (Fsp3) is 0.500. The lowest BCUT2D eigenvalue weighted by molar-refractivity contribution is -0.141. The lowest BCUT2D eigenvalue weighted by Gasteiger charge is -2.54. The third-order valence-corrected chi connectivity index (χ3v) is 10.4. The Kier molecular flexibility index (Phi) is 8.03. The molecule has 2 aromatic rings. The van der Waals surface area contributed by atoms with Crippen LogP contribution in [0.5, 0.6) is 0 Å². The monoisotopic (exact) mass is 634 g/mol. The second-order valence-corrected chi connectivity index (χ2v) is 13.4. The molecule has 2 aromatic carbocycles. The van der Waals surface area contributed by atoms with E-state index in [0.29, 0.717) is 24.2 Å². The maximum absolute atomic E-state index is 13.9. The van der Waals surface area contributed by atoms with E-state index in [1.807, 2.05) is 5.32 Å². The Bertz CT molecular complexity index is 1490. The Morgan fingerprint density at radius 2 is 1.63 bits per heavy atom. The number of carbonyl (C=O) groups is 1. The van der Waals surface area contributed by atoms with E-state index in [1.165, 1.54) is 23.4 Å². The third kappa shape index (κ3) is 6.52. The molecule has 4 aliphatic rings. The summed E-state index contributed by atoms with van der Waals surface area (Å²) < 4.78 is 120. The highest BCUT2D eigenvalue weighted by atomic mass is 32.2. The van der Waals surface area contributed by atoms with Crippen LogP contribution in [0, 0.1) is 23.6 Å². The molecule has 3 saturated carbocycles. The number of fused-ring (bicyclic) bond motifs is 2. The number of hydrogen-bond acceptors (Lipinski definition) is 5. The topological polar surface area (TPSA) is 90.9 Å². The van der Waals surface area contributed by atoms with Crippen molar-refractivity contribution in [3.8, 4) is 0 Å². The maximum atomic E-state index is 13.9. The predicted octanol–water partition coefficient (Wildman–Crippen LogP) is 4.89. The highest BCUT2D eigenvalue weighted by Gasteiger charge is 2.53. The van der Waals surface area contributed by atoms with E-state index in [1.54, 1.807) is 0 Å². The van der Waals surface area contributed by atoms with Gasteiger partial charge in [-0.25, -0.2) is 12.8 Å². The molecule has 0 radical (unpaired) electrons. The predicted molar refractivity (Wildman–Crippen MR) is 142 cm³/mol. The molecule has 0 spiro atoms. The zero-order valence-corrected chi connectivity index (χ0v) is 23.7. The van der Waals surface area contributed by atoms with Gasteiger partial charge < -0.3 is 10.6 Å². The van der Waals surface area contributed by atoms with Crippen LogP contribution in [0.4, 0.5) is 30.7 Å². The van der Waals surface area contributed by atoms with Gasteiger partial charge in [0.25, 0.3) is 0 Å². The number of nitrogens with zero attached hydrogens (tertiary/aromatic N) is 2. The normalized spacial score (nSPS) is 27.3. The van der Waals surface area contributed by atoms with Crippen molar-refractivity contribution in [1.29, 1.82) is 0 Å². The first-order valence-corrected chi connectivity index (χ1v) is 15.0. The van der Waals surface area contributed by atoms with Gasteiger partial charge in [0.05, 0.1) is 17.0 Å². The minimum Gasteiger partial charge on any atom is -0.358 e. The largest absolute Gasteiger partial charge is 0.416 e. The van der Waals surface area contributed by atoms with Crippen LogP contribution in [0.25, 0.3) is 0 Å². The van der Waals surface area contributed by atoms with Crippen molar-refractivity contribution in [2.24, 2.45) is 22.7 Å². The minimum atomic E-state index is -4.58. The molecular weight excluding hydrogens is 605 g/mol. The number of aliphatic imine (C=N–C) groups is 1. The second-order valence-electron chi connectivity index (χ2n) is 11.6. The summed E-state index contributed by atoms with van der Waals surface area (Å²) in [5, 5.41) is 4.86. The van der Waals surface area contributed by atoms with E-state index in [-0.39, 0.29) is 42.2 Å². The SMILES string of the molecule is C[C@]1(C(=O)NCC(F)(F)F)CN=C(C2CC(N(Cc3ccc(C(F)(F)F)cc3)S(=O)(=O)c3ccc(F)cc3)C3CC2C3)N1. The first-order valence-electron chi connectivity index (χ1n) is 13.6. The average Bonchev–Trinajstić information content (AvgIpc) is 3.32. The molecule has 1 amide bonds. The van der Waals surface area contributed by atoms with Gasteiger partial charge in [0.2, 0.25) is 15.9 Å². The highest BCUT2D eigenvalue weighted by Crippen LogP contribution is 2.52. The first-order chi connectivity index (χ1) is 20.0. The second kappa shape index (κ2) is 11.1. The van der Waals surface area contributed by atoms with Gasteiger partial charge in [-0.05, 0) is 80.0 Å². The summed E-state index contributed by atoms with van der Waals surface area (Å²) in [6, 6.07) is 7.85. The number of hydrogen-bond donors (Lipinski definition) is 2. The lowest BCUT2D eigenvalue weighted by atomic mass is 9.57.